The maximum atomic E-state index is 12.0. The number of carbonyl (C=O) groups excluding carboxylic acids is 1. The Labute approximate surface area is 141 Å². The zero-order chi connectivity index (χ0) is 17.1. The molecular formula is C18H35N3O2. The van der Waals surface area contributed by atoms with Crippen LogP contribution in [0.4, 0.5) is 4.79 Å². The van der Waals surface area contributed by atoms with Crippen molar-refractivity contribution in [2.75, 3.05) is 13.1 Å². The Balaban J connectivity index is 1.79. The maximum absolute atomic E-state index is 12.0. The largest absolute Gasteiger partial charge is 0.444 e. The van der Waals surface area contributed by atoms with E-state index in [-0.39, 0.29) is 11.6 Å². The van der Waals surface area contributed by atoms with E-state index in [1.807, 2.05) is 34.6 Å². The van der Waals surface area contributed by atoms with Gasteiger partial charge in [0, 0.05) is 18.6 Å². The molecule has 2 rings (SSSR count). The Morgan fingerprint density at radius 3 is 2.48 bits per heavy atom. The zero-order valence-electron chi connectivity index (χ0n) is 15.5. The second kappa shape index (κ2) is 7.39. The smallest absolute Gasteiger partial charge is 0.408 e. The van der Waals surface area contributed by atoms with Crippen molar-refractivity contribution in [3.63, 3.8) is 0 Å². The van der Waals surface area contributed by atoms with Crippen LogP contribution >= 0.6 is 0 Å². The minimum Gasteiger partial charge on any atom is -0.444 e. The number of alkyl carbamates (subject to hydrolysis) is 1. The third kappa shape index (κ3) is 5.96. The summed E-state index contributed by atoms with van der Waals surface area (Å²) in [4.78, 5) is 12.0. The van der Waals surface area contributed by atoms with Crippen molar-refractivity contribution in [2.45, 2.75) is 89.9 Å². The van der Waals surface area contributed by atoms with Crippen molar-refractivity contribution in [2.24, 2.45) is 5.92 Å². The fourth-order valence-electron chi connectivity index (χ4n) is 3.81. The first-order valence-electron chi connectivity index (χ1n) is 9.14. The van der Waals surface area contributed by atoms with E-state index in [1.54, 1.807) is 0 Å². The molecule has 1 amide bonds. The predicted molar refractivity (Wildman–Crippen MR) is 93.6 cm³/mol. The highest BCUT2D eigenvalue weighted by Gasteiger charge is 2.35. The first kappa shape index (κ1) is 18.5. The monoisotopic (exact) mass is 325 g/mol. The summed E-state index contributed by atoms with van der Waals surface area (Å²) in [6, 6.07) is 1.24. The molecule has 1 saturated heterocycles. The van der Waals surface area contributed by atoms with Crippen LogP contribution in [-0.4, -0.2) is 42.4 Å². The molecule has 0 aromatic rings. The third-order valence-corrected chi connectivity index (χ3v) is 4.83. The molecule has 5 nitrogen and oxygen atoms in total. The van der Waals surface area contributed by atoms with Crippen molar-refractivity contribution in [1.29, 1.82) is 0 Å². The molecule has 0 bridgehead atoms. The summed E-state index contributed by atoms with van der Waals surface area (Å²) in [5, 5.41) is 10.3. The molecule has 3 atom stereocenters. The SMILES string of the molecule is CC(C)(CNC1CCCC1C1CCCN1)NC(=O)OC(C)(C)C. The van der Waals surface area contributed by atoms with E-state index >= 15 is 0 Å². The Morgan fingerprint density at radius 2 is 1.87 bits per heavy atom. The number of ether oxygens (including phenoxy) is 1. The molecule has 23 heavy (non-hydrogen) atoms. The molecule has 134 valence electrons. The number of hydrogen-bond acceptors (Lipinski definition) is 4. The second-order valence-corrected chi connectivity index (χ2v) is 8.80. The number of hydrogen-bond donors (Lipinski definition) is 3. The summed E-state index contributed by atoms with van der Waals surface area (Å²) < 4.78 is 5.36. The lowest BCUT2D eigenvalue weighted by Crippen LogP contribution is -2.54. The molecular weight excluding hydrogens is 290 g/mol. The first-order chi connectivity index (χ1) is 10.7. The molecule has 2 fully saturated rings. The molecule has 1 aliphatic heterocycles. The van der Waals surface area contributed by atoms with E-state index in [2.05, 4.69) is 16.0 Å². The molecule has 1 saturated carbocycles. The molecule has 1 aliphatic carbocycles. The van der Waals surface area contributed by atoms with Crippen LogP contribution in [0.3, 0.4) is 0 Å². The van der Waals surface area contributed by atoms with Crippen molar-refractivity contribution in [1.82, 2.24) is 16.0 Å². The van der Waals surface area contributed by atoms with E-state index in [4.69, 9.17) is 4.74 Å². The molecule has 5 heteroatoms. The average Bonchev–Trinajstić information content (AvgIpc) is 3.04. The summed E-state index contributed by atoms with van der Waals surface area (Å²) in [6.45, 7) is 11.7. The second-order valence-electron chi connectivity index (χ2n) is 8.80. The number of carbonyl (C=O) groups is 1. The molecule has 0 aromatic heterocycles. The summed E-state index contributed by atoms with van der Waals surface area (Å²) in [5.41, 5.74) is -0.781. The fraction of sp³-hybridized carbons (Fsp3) is 0.944. The minimum atomic E-state index is -0.460. The highest BCUT2D eigenvalue weighted by atomic mass is 16.6. The van der Waals surface area contributed by atoms with Crippen molar-refractivity contribution < 1.29 is 9.53 Å². The molecule has 1 heterocycles. The maximum Gasteiger partial charge on any atom is 0.408 e. The lowest BCUT2D eigenvalue weighted by Gasteiger charge is -2.32. The van der Waals surface area contributed by atoms with Gasteiger partial charge in [-0.2, -0.15) is 0 Å². The summed E-state index contributed by atoms with van der Waals surface area (Å²) in [7, 11) is 0. The van der Waals surface area contributed by atoms with E-state index in [0.29, 0.717) is 12.1 Å². The van der Waals surface area contributed by atoms with Crippen molar-refractivity contribution in [3.8, 4) is 0 Å². The minimum absolute atomic E-state index is 0.321. The normalized spacial score (nSPS) is 28.8. The Hall–Kier alpha value is -0.810. The van der Waals surface area contributed by atoms with Crippen LogP contribution in [0.15, 0.2) is 0 Å². The molecule has 0 aromatic carbocycles. The van der Waals surface area contributed by atoms with Gasteiger partial charge in [-0.3, -0.25) is 0 Å². The van der Waals surface area contributed by atoms with Gasteiger partial charge in [-0.25, -0.2) is 4.79 Å². The Bertz CT molecular complexity index is 398. The van der Waals surface area contributed by atoms with E-state index in [9.17, 15) is 4.79 Å². The van der Waals surface area contributed by atoms with Gasteiger partial charge in [-0.05, 0) is 72.8 Å². The van der Waals surface area contributed by atoms with Gasteiger partial charge in [0.2, 0.25) is 0 Å². The summed E-state index contributed by atoms with van der Waals surface area (Å²) in [5.74, 6) is 0.731. The number of nitrogens with one attached hydrogen (secondary N) is 3. The Kier molecular flexibility index (Phi) is 5.95. The summed E-state index contributed by atoms with van der Waals surface area (Å²) >= 11 is 0. The van der Waals surface area contributed by atoms with Crippen LogP contribution < -0.4 is 16.0 Å². The standard InChI is InChI=1S/C18H35N3O2/c1-17(2,3)23-16(22)21-18(4,5)12-20-15-9-6-8-13(15)14-10-7-11-19-14/h13-15,19-20H,6-12H2,1-5H3,(H,21,22). The quantitative estimate of drug-likeness (QED) is 0.727. The van der Waals surface area contributed by atoms with E-state index < -0.39 is 5.60 Å². The molecule has 0 spiro atoms. The van der Waals surface area contributed by atoms with Crippen LogP contribution in [0.5, 0.6) is 0 Å². The van der Waals surface area contributed by atoms with Crippen LogP contribution in [0.25, 0.3) is 0 Å². The molecule has 2 aliphatic rings. The van der Waals surface area contributed by atoms with Gasteiger partial charge in [-0.1, -0.05) is 6.42 Å². The zero-order valence-corrected chi connectivity index (χ0v) is 15.5. The van der Waals surface area contributed by atoms with Gasteiger partial charge in [-0.15, -0.1) is 0 Å². The third-order valence-electron chi connectivity index (χ3n) is 4.83. The van der Waals surface area contributed by atoms with Crippen molar-refractivity contribution >= 4 is 6.09 Å². The van der Waals surface area contributed by atoms with Gasteiger partial charge in [0.1, 0.15) is 5.60 Å². The highest BCUT2D eigenvalue weighted by Crippen LogP contribution is 2.32. The Morgan fingerprint density at radius 1 is 1.13 bits per heavy atom. The van der Waals surface area contributed by atoms with Gasteiger partial charge >= 0.3 is 6.09 Å². The van der Waals surface area contributed by atoms with E-state index in [1.165, 1.54) is 38.6 Å². The van der Waals surface area contributed by atoms with Crippen LogP contribution in [0.1, 0.15) is 66.7 Å². The molecule has 3 unspecified atom stereocenters. The number of amides is 1. The topological polar surface area (TPSA) is 62.4 Å². The van der Waals surface area contributed by atoms with Gasteiger partial charge < -0.3 is 20.7 Å². The van der Waals surface area contributed by atoms with Crippen LogP contribution in [0.2, 0.25) is 0 Å². The van der Waals surface area contributed by atoms with Gasteiger partial charge in [0.25, 0.3) is 0 Å². The lowest BCUT2D eigenvalue weighted by atomic mass is 9.92. The molecule has 3 N–H and O–H groups in total. The van der Waals surface area contributed by atoms with Gasteiger partial charge in [0.05, 0.1) is 5.54 Å². The summed E-state index contributed by atoms with van der Waals surface area (Å²) in [6.07, 6.45) is 6.13. The first-order valence-corrected chi connectivity index (χ1v) is 9.14. The van der Waals surface area contributed by atoms with Crippen LogP contribution in [-0.2, 0) is 4.74 Å². The lowest BCUT2D eigenvalue weighted by molar-refractivity contribution is 0.0469. The van der Waals surface area contributed by atoms with Crippen molar-refractivity contribution in [3.05, 3.63) is 0 Å². The van der Waals surface area contributed by atoms with Gasteiger partial charge in [0.15, 0.2) is 0 Å². The van der Waals surface area contributed by atoms with Crippen LogP contribution in [0, 0.1) is 5.92 Å². The fourth-order valence-corrected chi connectivity index (χ4v) is 3.81. The predicted octanol–water partition coefficient (Wildman–Crippen LogP) is 2.80. The molecule has 0 radical (unpaired) electrons. The number of rotatable bonds is 5. The average molecular weight is 325 g/mol. The highest BCUT2D eigenvalue weighted by molar-refractivity contribution is 5.68. The van der Waals surface area contributed by atoms with E-state index in [0.717, 1.165) is 12.5 Å².